The van der Waals surface area contributed by atoms with E-state index in [0.717, 1.165) is 19.5 Å². The molecule has 0 amide bonds. The van der Waals surface area contributed by atoms with E-state index in [-0.39, 0.29) is 0 Å². The van der Waals surface area contributed by atoms with Crippen LogP contribution in [0.15, 0.2) is 24.3 Å². The summed E-state index contributed by atoms with van der Waals surface area (Å²) in [5, 5.41) is 21.3. The molecule has 0 aliphatic carbocycles. The Labute approximate surface area is 372 Å². The fraction of sp³-hybridized carbons (Fsp3) is 0.889. The van der Waals surface area contributed by atoms with Gasteiger partial charge in [0.1, 0.15) is 0 Å². The molecule has 0 aromatic heterocycles. The van der Waals surface area contributed by atoms with Crippen LogP contribution in [0.1, 0.15) is 296 Å². The Hall–Kier alpha value is -0.875. The Bertz CT molecular complexity index is 777. The van der Waals surface area contributed by atoms with E-state index in [1.165, 1.54) is 275 Å². The molecule has 0 saturated heterocycles. The highest BCUT2D eigenvalue weighted by Crippen LogP contribution is 2.16. The van der Waals surface area contributed by atoms with Gasteiger partial charge in [-0.2, -0.15) is 0 Å². The number of quaternary nitrogens is 2. The maximum Gasteiger partial charge on any atom is 0.0739 e. The van der Waals surface area contributed by atoms with Gasteiger partial charge in [0.15, 0.2) is 0 Å². The number of rotatable bonds is 44. The van der Waals surface area contributed by atoms with Gasteiger partial charge in [0, 0.05) is 0 Å². The standard InChI is InChI=1S/2C20H43N.C14H21BO2/c2*1-2-3-4-5-6-7-8-9-10-11-12-13-14-15-16-17-18-19-20-21;1-2-3-4-5-6-7-8-13-9-11-14(12-10-13)15(16)17/h2*2-21H2,1H3;9-12H,2-8H2,1H3/q;;-2/p+2. The van der Waals surface area contributed by atoms with Crippen LogP contribution >= 0.6 is 0 Å². The van der Waals surface area contributed by atoms with Gasteiger partial charge in [-0.15, -0.1) is 5.46 Å². The van der Waals surface area contributed by atoms with Gasteiger partial charge in [-0.05, 0) is 44.1 Å². The average molecular weight is 829 g/mol. The summed E-state index contributed by atoms with van der Waals surface area (Å²) in [6.07, 6.45) is 61.2. The first-order chi connectivity index (χ1) is 29.1. The zero-order valence-electron chi connectivity index (χ0n) is 40.9. The number of benzene rings is 1. The van der Waals surface area contributed by atoms with E-state index in [2.05, 4.69) is 32.2 Å². The van der Waals surface area contributed by atoms with Crippen molar-refractivity contribution in [3.63, 3.8) is 0 Å². The van der Waals surface area contributed by atoms with Crippen LogP contribution < -0.4 is 27.0 Å². The van der Waals surface area contributed by atoms with Crippen molar-refractivity contribution in [3.05, 3.63) is 29.8 Å². The monoisotopic (exact) mass is 829 g/mol. The molecule has 5 heteroatoms. The first kappa shape index (κ1) is 60.2. The highest BCUT2D eigenvalue weighted by molar-refractivity contribution is 6.55. The Kier molecular flexibility index (Phi) is 56.3. The molecule has 0 aliphatic rings. The lowest BCUT2D eigenvalue weighted by Crippen LogP contribution is -2.55. The first-order valence-corrected chi connectivity index (χ1v) is 27.1. The lowest BCUT2D eigenvalue weighted by molar-refractivity contribution is -0.368. The molecule has 0 unspecified atom stereocenters. The molecular formula is C54H109BN2O2. The van der Waals surface area contributed by atoms with Crippen LogP contribution in [-0.4, -0.2) is 20.2 Å². The molecule has 0 bridgehead atoms. The van der Waals surface area contributed by atoms with Crippen LogP contribution in [0.5, 0.6) is 0 Å². The second-order valence-electron chi connectivity index (χ2n) is 18.3. The molecule has 1 aromatic carbocycles. The van der Waals surface area contributed by atoms with Gasteiger partial charge < -0.3 is 21.5 Å². The van der Waals surface area contributed by atoms with Crippen molar-refractivity contribution in [2.24, 2.45) is 0 Å². The molecule has 0 aliphatic heterocycles. The van der Waals surface area contributed by atoms with E-state index in [1.54, 1.807) is 12.1 Å². The normalized spacial score (nSPS) is 11.0. The van der Waals surface area contributed by atoms with Gasteiger partial charge in [-0.3, -0.25) is 0 Å². The molecule has 0 atom stereocenters. The molecule has 0 fully saturated rings. The Balaban J connectivity index is 0. The third-order valence-corrected chi connectivity index (χ3v) is 12.3. The minimum atomic E-state index is -1.85. The smallest absolute Gasteiger partial charge is 0.0739 e. The Morgan fingerprint density at radius 1 is 0.305 bits per heavy atom. The van der Waals surface area contributed by atoms with Gasteiger partial charge in [0.05, 0.1) is 13.1 Å². The van der Waals surface area contributed by atoms with Gasteiger partial charge in [0.2, 0.25) is 0 Å². The van der Waals surface area contributed by atoms with Gasteiger partial charge >= 0.3 is 0 Å². The van der Waals surface area contributed by atoms with E-state index in [9.17, 15) is 10.0 Å². The summed E-state index contributed by atoms with van der Waals surface area (Å²) in [6.45, 7) is 9.06. The number of hydrogen-bond donors (Lipinski definition) is 2. The summed E-state index contributed by atoms with van der Waals surface area (Å²) in [5.41, 5.74) is 9.36. The molecule has 0 saturated carbocycles. The fourth-order valence-electron chi connectivity index (χ4n) is 8.11. The van der Waals surface area contributed by atoms with Gasteiger partial charge in [-0.1, -0.05) is 290 Å². The predicted molar refractivity (Wildman–Crippen MR) is 262 cm³/mol. The summed E-state index contributed by atoms with van der Waals surface area (Å²) >= 11 is 0. The molecular weight excluding hydrogens is 719 g/mol. The van der Waals surface area contributed by atoms with Crippen LogP contribution in [-0.2, 0) is 6.42 Å². The van der Waals surface area contributed by atoms with Crippen molar-refractivity contribution in [2.45, 2.75) is 297 Å². The van der Waals surface area contributed by atoms with Crippen LogP contribution in [0, 0.1) is 0 Å². The number of aryl methyl sites for hydroxylation is 1. The van der Waals surface area contributed by atoms with Crippen molar-refractivity contribution in [3.8, 4) is 0 Å². The van der Waals surface area contributed by atoms with E-state index in [4.69, 9.17) is 0 Å². The maximum absolute atomic E-state index is 10.6. The summed E-state index contributed by atoms with van der Waals surface area (Å²) in [7, 11) is -1.85. The lowest BCUT2D eigenvalue weighted by atomic mass is 9.80. The van der Waals surface area contributed by atoms with E-state index >= 15 is 0 Å². The molecule has 6 N–H and O–H groups in total. The molecule has 1 aromatic rings. The summed E-state index contributed by atoms with van der Waals surface area (Å²) in [5.74, 6) is 0. The van der Waals surface area contributed by atoms with Crippen LogP contribution in [0.4, 0.5) is 0 Å². The minimum absolute atomic E-state index is 0.344. The molecule has 0 spiro atoms. The highest BCUT2D eigenvalue weighted by Gasteiger charge is 1.98. The predicted octanol–water partition coefficient (Wildman–Crippen LogP) is 13.5. The largest absolute Gasteiger partial charge is 0.889 e. The minimum Gasteiger partial charge on any atom is -0.889 e. The third kappa shape index (κ3) is 53.2. The van der Waals surface area contributed by atoms with Crippen LogP contribution in [0.25, 0.3) is 0 Å². The lowest BCUT2D eigenvalue weighted by Gasteiger charge is -2.26. The van der Waals surface area contributed by atoms with Crippen molar-refractivity contribution in [2.75, 3.05) is 13.1 Å². The quantitative estimate of drug-likeness (QED) is 0.0505. The van der Waals surface area contributed by atoms with E-state index in [1.807, 2.05) is 12.1 Å². The van der Waals surface area contributed by atoms with Gasteiger partial charge in [0.25, 0.3) is 0 Å². The van der Waals surface area contributed by atoms with Crippen molar-refractivity contribution in [1.82, 2.24) is 0 Å². The molecule has 0 heterocycles. The van der Waals surface area contributed by atoms with Crippen LogP contribution in [0.2, 0.25) is 0 Å². The zero-order chi connectivity index (χ0) is 43.4. The molecule has 4 nitrogen and oxygen atoms in total. The Morgan fingerprint density at radius 3 is 0.712 bits per heavy atom. The van der Waals surface area contributed by atoms with Crippen molar-refractivity contribution < 1.29 is 21.5 Å². The molecule has 350 valence electrons. The average Bonchev–Trinajstić information content (AvgIpc) is 3.25. The third-order valence-electron chi connectivity index (χ3n) is 12.3. The summed E-state index contributed by atoms with van der Waals surface area (Å²) < 4.78 is 0. The zero-order valence-corrected chi connectivity index (χ0v) is 40.9. The topological polar surface area (TPSA) is 101 Å². The number of hydrogen-bond acceptors (Lipinski definition) is 2. The Morgan fingerprint density at radius 2 is 0.508 bits per heavy atom. The SMILES string of the molecule is CCCCCCCCCCCCCCCCCCCC[NH3+].CCCCCCCCCCCCCCCCCCCC[NH3+].CCCCCCCCc1ccc(B([O-])[O-])cc1. The van der Waals surface area contributed by atoms with Crippen molar-refractivity contribution >= 4 is 12.6 Å². The summed E-state index contributed by atoms with van der Waals surface area (Å²) in [6, 6.07) is 7.14. The summed E-state index contributed by atoms with van der Waals surface area (Å²) in [4.78, 5) is 0. The maximum atomic E-state index is 10.6. The molecule has 0 radical (unpaired) electrons. The second-order valence-corrected chi connectivity index (χ2v) is 18.3. The van der Waals surface area contributed by atoms with E-state index < -0.39 is 7.12 Å². The second kappa shape index (κ2) is 55.1. The van der Waals surface area contributed by atoms with E-state index in [0.29, 0.717) is 5.46 Å². The van der Waals surface area contributed by atoms with Crippen molar-refractivity contribution in [1.29, 1.82) is 0 Å². The van der Waals surface area contributed by atoms with Crippen LogP contribution in [0.3, 0.4) is 0 Å². The molecule has 1 rings (SSSR count). The highest BCUT2D eigenvalue weighted by atomic mass is 16.4. The number of unbranched alkanes of at least 4 members (excludes halogenated alkanes) is 39. The van der Waals surface area contributed by atoms with Gasteiger partial charge in [-0.25, -0.2) is 0 Å². The fourth-order valence-corrected chi connectivity index (χ4v) is 8.11. The molecule has 59 heavy (non-hydrogen) atoms. The first-order valence-electron chi connectivity index (χ1n) is 27.1.